The molecule has 1 aromatic carbocycles. The van der Waals surface area contributed by atoms with E-state index in [0.717, 1.165) is 31.5 Å². The highest BCUT2D eigenvalue weighted by atomic mass is 35.5. The Bertz CT molecular complexity index is 444. The highest BCUT2D eigenvalue weighted by Crippen LogP contribution is 2.37. The number of hydrogen-bond donors (Lipinski definition) is 1. The molecule has 1 N–H and O–H groups in total. The highest BCUT2D eigenvalue weighted by Gasteiger charge is 2.36. The number of rotatable bonds is 5. The van der Waals surface area contributed by atoms with Gasteiger partial charge in [0.1, 0.15) is 5.82 Å². The summed E-state index contributed by atoms with van der Waals surface area (Å²) in [5.41, 5.74) is 0.520. The van der Waals surface area contributed by atoms with Gasteiger partial charge >= 0.3 is 0 Å². The maximum absolute atomic E-state index is 14.4. The maximum Gasteiger partial charge on any atom is 0.145 e. The van der Waals surface area contributed by atoms with Crippen molar-refractivity contribution in [2.75, 3.05) is 26.3 Å². The number of ether oxygens (including phenoxy) is 1. The van der Waals surface area contributed by atoms with Crippen LogP contribution < -0.4 is 5.32 Å². The molecule has 1 fully saturated rings. The van der Waals surface area contributed by atoms with E-state index in [-0.39, 0.29) is 16.3 Å². The van der Waals surface area contributed by atoms with Crippen molar-refractivity contribution >= 4 is 11.6 Å². The fourth-order valence-electron chi connectivity index (χ4n) is 2.82. The molecule has 1 aromatic rings. The Hall–Kier alpha value is -0.640. The van der Waals surface area contributed by atoms with Crippen LogP contribution in [0.4, 0.5) is 4.39 Å². The lowest BCUT2D eigenvalue weighted by molar-refractivity contribution is 0.0485. The quantitative estimate of drug-likeness (QED) is 0.893. The monoisotopic (exact) mass is 299 g/mol. The predicted molar refractivity (Wildman–Crippen MR) is 80.8 cm³/mol. The van der Waals surface area contributed by atoms with Crippen molar-refractivity contribution < 1.29 is 9.13 Å². The van der Waals surface area contributed by atoms with Gasteiger partial charge in [0.2, 0.25) is 0 Å². The summed E-state index contributed by atoms with van der Waals surface area (Å²) in [5.74, 6) is 0.304. The van der Waals surface area contributed by atoms with Gasteiger partial charge in [-0.25, -0.2) is 4.39 Å². The lowest BCUT2D eigenvalue weighted by Gasteiger charge is -2.38. The molecule has 4 heteroatoms. The molecule has 1 aliphatic rings. The first-order valence-corrected chi connectivity index (χ1v) is 7.66. The molecule has 20 heavy (non-hydrogen) atoms. The first-order valence-electron chi connectivity index (χ1n) is 7.28. The van der Waals surface area contributed by atoms with Crippen molar-refractivity contribution in [3.05, 3.63) is 34.6 Å². The molecule has 2 nitrogen and oxygen atoms in total. The maximum atomic E-state index is 14.4. The summed E-state index contributed by atoms with van der Waals surface area (Å²) in [4.78, 5) is 0. The standard InChI is InChI=1S/C16H23ClFNO/c1-12(2)10-19-11-16(6-8-20-9-7-16)13-4-3-5-14(17)15(13)18/h3-5,12,19H,6-11H2,1-2H3. The lowest BCUT2D eigenvalue weighted by atomic mass is 9.73. The van der Waals surface area contributed by atoms with Gasteiger partial charge in [-0.05, 0) is 36.9 Å². The molecule has 0 aliphatic carbocycles. The van der Waals surface area contributed by atoms with Gasteiger partial charge in [0.15, 0.2) is 0 Å². The van der Waals surface area contributed by atoms with Crippen LogP contribution in [0.5, 0.6) is 0 Å². The van der Waals surface area contributed by atoms with Crippen molar-refractivity contribution in [1.29, 1.82) is 0 Å². The fourth-order valence-corrected chi connectivity index (χ4v) is 2.99. The molecule has 0 amide bonds. The van der Waals surface area contributed by atoms with E-state index < -0.39 is 0 Å². The number of nitrogens with one attached hydrogen (secondary N) is 1. The smallest absolute Gasteiger partial charge is 0.145 e. The summed E-state index contributed by atoms with van der Waals surface area (Å²) in [7, 11) is 0. The summed E-state index contributed by atoms with van der Waals surface area (Å²) in [5, 5.41) is 3.68. The Labute approximate surface area is 125 Å². The minimum Gasteiger partial charge on any atom is -0.381 e. The van der Waals surface area contributed by atoms with Crippen LogP contribution >= 0.6 is 11.6 Å². The van der Waals surface area contributed by atoms with E-state index in [1.807, 2.05) is 12.1 Å². The zero-order valence-electron chi connectivity index (χ0n) is 12.2. The molecule has 0 spiro atoms. The van der Waals surface area contributed by atoms with E-state index in [2.05, 4.69) is 19.2 Å². The van der Waals surface area contributed by atoms with Gasteiger partial charge in [-0.2, -0.15) is 0 Å². The summed E-state index contributed by atoms with van der Waals surface area (Å²) >= 11 is 5.95. The highest BCUT2D eigenvalue weighted by molar-refractivity contribution is 6.30. The number of hydrogen-bond acceptors (Lipinski definition) is 2. The van der Waals surface area contributed by atoms with Crippen molar-refractivity contribution in [3.63, 3.8) is 0 Å². The fraction of sp³-hybridized carbons (Fsp3) is 0.625. The largest absolute Gasteiger partial charge is 0.381 e. The van der Waals surface area contributed by atoms with Gasteiger partial charge in [0, 0.05) is 25.2 Å². The van der Waals surface area contributed by atoms with Gasteiger partial charge in [0.25, 0.3) is 0 Å². The summed E-state index contributed by atoms with van der Waals surface area (Å²) in [6.07, 6.45) is 1.66. The SMILES string of the molecule is CC(C)CNCC1(c2cccc(Cl)c2F)CCOCC1. The van der Waals surface area contributed by atoms with Gasteiger partial charge in [0.05, 0.1) is 5.02 Å². The van der Waals surface area contributed by atoms with Gasteiger partial charge in [-0.1, -0.05) is 37.6 Å². The molecule has 1 heterocycles. The van der Waals surface area contributed by atoms with E-state index in [1.54, 1.807) is 6.07 Å². The van der Waals surface area contributed by atoms with Gasteiger partial charge in [-0.3, -0.25) is 0 Å². The minimum atomic E-state index is -0.276. The molecule has 0 bridgehead atoms. The lowest BCUT2D eigenvalue weighted by Crippen LogP contribution is -2.44. The van der Waals surface area contributed by atoms with E-state index in [9.17, 15) is 4.39 Å². The second-order valence-electron chi connectivity index (χ2n) is 6.02. The Morgan fingerprint density at radius 3 is 2.70 bits per heavy atom. The molecule has 0 unspecified atom stereocenters. The average molecular weight is 300 g/mol. The van der Waals surface area contributed by atoms with E-state index in [0.29, 0.717) is 19.1 Å². The minimum absolute atomic E-state index is 0.206. The van der Waals surface area contributed by atoms with E-state index in [1.165, 1.54) is 0 Å². The Balaban J connectivity index is 2.24. The second-order valence-corrected chi connectivity index (χ2v) is 6.43. The molecule has 2 rings (SSSR count). The molecule has 1 aliphatic heterocycles. The Morgan fingerprint density at radius 2 is 2.05 bits per heavy atom. The van der Waals surface area contributed by atoms with Gasteiger partial charge < -0.3 is 10.1 Å². The van der Waals surface area contributed by atoms with Crippen molar-refractivity contribution in [3.8, 4) is 0 Å². The summed E-state index contributed by atoms with van der Waals surface area (Å²) < 4.78 is 19.9. The summed E-state index contributed by atoms with van der Waals surface area (Å²) in [6, 6.07) is 5.30. The molecule has 0 saturated carbocycles. The molecule has 112 valence electrons. The van der Waals surface area contributed by atoms with Crippen LogP contribution in [0, 0.1) is 11.7 Å². The topological polar surface area (TPSA) is 21.3 Å². The molecule has 1 saturated heterocycles. The van der Waals surface area contributed by atoms with Crippen molar-refractivity contribution in [2.24, 2.45) is 5.92 Å². The molecular weight excluding hydrogens is 277 g/mol. The van der Waals surface area contributed by atoms with Crippen LogP contribution in [0.1, 0.15) is 32.3 Å². The van der Waals surface area contributed by atoms with Crippen LogP contribution in [-0.4, -0.2) is 26.3 Å². The molecule has 0 atom stereocenters. The van der Waals surface area contributed by atoms with Crippen LogP contribution in [0.2, 0.25) is 5.02 Å². The zero-order chi connectivity index (χ0) is 14.6. The summed E-state index contributed by atoms with van der Waals surface area (Å²) in [6.45, 7) is 7.40. The van der Waals surface area contributed by atoms with E-state index >= 15 is 0 Å². The predicted octanol–water partition coefficient (Wildman–Crippen LogP) is 3.77. The van der Waals surface area contributed by atoms with Crippen molar-refractivity contribution in [1.82, 2.24) is 5.32 Å². The van der Waals surface area contributed by atoms with Gasteiger partial charge in [-0.15, -0.1) is 0 Å². The third-order valence-corrected chi connectivity index (χ3v) is 4.28. The van der Waals surface area contributed by atoms with E-state index in [4.69, 9.17) is 16.3 Å². The number of halogens is 2. The Morgan fingerprint density at radius 1 is 1.35 bits per heavy atom. The van der Waals surface area contributed by atoms with Crippen LogP contribution in [-0.2, 0) is 10.2 Å². The second kappa shape index (κ2) is 6.88. The zero-order valence-corrected chi connectivity index (χ0v) is 13.0. The van der Waals surface area contributed by atoms with Crippen LogP contribution in [0.25, 0.3) is 0 Å². The van der Waals surface area contributed by atoms with Crippen LogP contribution in [0.3, 0.4) is 0 Å². The third-order valence-electron chi connectivity index (χ3n) is 3.99. The van der Waals surface area contributed by atoms with Crippen molar-refractivity contribution in [2.45, 2.75) is 32.1 Å². The molecule has 0 aromatic heterocycles. The molecular formula is C16H23ClFNO. The third kappa shape index (κ3) is 3.51. The first-order chi connectivity index (χ1) is 9.55. The first kappa shape index (κ1) is 15.7. The molecule has 0 radical (unpaired) electrons. The Kier molecular flexibility index (Phi) is 5.42. The van der Waals surface area contributed by atoms with Crippen LogP contribution in [0.15, 0.2) is 18.2 Å². The average Bonchev–Trinajstić information content (AvgIpc) is 2.42. The normalized spacial score (nSPS) is 18.4. The number of benzene rings is 1.